The minimum absolute atomic E-state index is 0.689. The van der Waals surface area contributed by atoms with Crippen LogP contribution in [0.1, 0.15) is 39.0 Å². The number of hydrogen-bond donors (Lipinski definition) is 1. The fourth-order valence-corrected chi connectivity index (χ4v) is 2.73. The molecule has 1 aliphatic carbocycles. The first-order valence-electron chi connectivity index (χ1n) is 7.42. The van der Waals surface area contributed by atoms with Crippen LogP contribution in [0.15, 0.2) is 0 Å². The van der Waals surface area contributed by atoms with Crippen LogP contribution in [0, 0.1) is 0 Å². The van der Waals surface area contributed by atoms with Gasteiger partial charge in [0.15, 0.2) is 0 Å². The molecule has 1 saturated heterocycles. The van der Waals surface area contributed by atoms with Gasteiger partial charge in [0, 0.05) is 18.6 Å². The maximum Gasteiger partial charge on any atom is 0.0192 e. The molecule has 17 heavy (non-hydrogen) atoms. The number of nitrogens with zero attached hydrogens (tertiary/aromatic N) is 2. The zero-order chi connectivity index (χ0) is 12.1. The van der Waals surface area contributed by atoms with E-state index in [1.54, 1.807) is 0 Å². The molecule has 1 N–H and O–H groups in total. The summed E-state index contributed by atoms with van der Waals surface area (Å²) in [6.45, 7) is 8.62. The quantitative estimate of drug-likeness (QED) is 0.648. The van der Waals surface area contributed by atoms with Gasteiger partial charge in [0.05, 0.1) is 0 Å². The zero-order valence-electron chi connectivity index (χ0n) is 11.6. The van der Waals surface area contributed by atoms with E-state index < -0.39 is 0 Å². The highest BCUT2D eigenvalue weighted by Crippen LogP contribution is 2.26. The lowest BCUT2D eigenvalue weighted by atomic mass is 10.3. The highest BCUT2D eigenvalue weighted by atomic mass is 15.2. The van der Waals surface area contributed by atoms with Gasteiger partial charge in [-0.1, -0.05) is 0 Å². The summed E-state index contributed by atoms with van der Waals surface area (Å²) in [6.07, 6.45) is 6.96. The van der Waals surface area contributed by atoms with Crippen molar-refractivity contribution < 1.29 is 0 Å². The Morgan fingerprint density at radius 3 is 2.65 bits per heavy atom. The van der Waals surface area contributed by atoms with Crippen molar-refractivity contribution in [3.05, 3.63) is 0 Å². The fourth-order valence-electron chi connectivity index (χ4n) is 2.73. The average Bonchev–Trinajstić information content (AvgIpc) is 3.05. The van der Waals surface area contributed by atoms with Crippen LogP contribution in [-0.4, -0.2) is 61.7 Å². The van der Waals surface area contributed by atoms with E-state index in [4.69, 9.17) is 0 Å². The molecule has 2 fully saturated rings. The van der Waals surface area contributed by atoms with Gasteiger partial charge in [-0.05, 0) is 72.3 Å². The summed E-state index contributed by atoms with van der Waals surface area (Å²) in [5.74, 6) is 0. The molecule has 3 nitrogen and oxygen atoms in total. The molecule has 1 heterocycles. The summed E-state index contributed by atoms with van der Waals surface area (Å²) in [4.78, 5) is 5.13. The van der Waals surface area contributed by atoms with Crippen LogP contribution in [-0.2, 0) is 0 Å². The highest BCUT2D eigenvalue weighted by Gasteiger charge is 2.28. The van der Waals surface area contributed by atoms with Crippen LogP contribution >= 0.6 is 0 Å². The minimum atomic E-state index is 0.689. The predicted molar refractivity (Wildman–Crippen MR) is 73.4 cm³/mol. The topological polar surface area (TPSA) is 18.5 Å². The summed E-state index contributed by atoms with van der Waals surface area (Å²) in [5, 5.41) is 3.60. The van der Waals surface area contributed by atoms with Gasteiger partial charge in [-0.15, -0.1) is 0 Å². The molecule has 0 bridgehead atoms. The maximum atomic E-state index is 3.60. The van der Waals surface area contributed by atoms with Gasteiger partial charge in [-0.25, -0.2) is 0 Å². The van der Waals surface area contributed by atoms with Crippen LogP contribution in [0.5, 0.6) is 0 Å². The highest BCUT2D eigenvalue weighted by molar-refractivity contribution is 4.85. The zero-order valence-corrected chi connectivity index (χ0v) is 11.6. The van der Waals surface area contributed by atoms with E-state index >= 15 is 0 Å². The Labute approximate surface area is 107 Å². The van der Waals surface area contributed by atoms with Crippen molar-refractivity contribution in [3.8, 4) is 0 Å². The van der Waals surface area contributed by atoms with Crippen molar-refractivity contribution in [2.45, 2.75) is 51.1 Å². The summed E-state index contributed by atoms with van der Waals surface area (Å²) >= 11 is 0. The molecule has 1 atom stereocenters. The first-order chi connectivity index (χ1) is 8.27. The Morgan fingerprint density at radius 2 is 2.00 bits per heavy atom. The van der Waals surface area contributed by atoms with Crippen LogP contribution in [0.4, 0.5) is 0 Å². The molecule has 0 spiro atoms. The molecule has 1 unspecified atom stereocenters. The first kappa shape index (κ1) is 13.3. The van der Waals surface area contributed by atoms with Crippen molar-refractivity contribution in [3.63, 3.8) is 0 Å². The van der Waals surface area contributed by atoms with Gasteiger partial charge in [0.1, 0.15) is 0 Å². The Morgan fingerprint density at radius 1 is 1.29 bits per heavy atom. The number of likely N-dealkylation sites (tertiary alicyclic amines) is 1. The lowest BCUT2D eigenvalue weighted by Crippen LogP contribution is -2.39. The molecule has 2 aliphatic rings. The molecule has 3 heteroatoms. The molecular formula is C14H29N3. The molecule has 0 aromatic carbocycles. The molecule has 0 aromatic rings. The van der Waals surface area contributed by atoms with E-state index in [1.165, 1.54) is 58.3 Å². The van der Waals surface area contributed by atoms with E-state index in [1.807, 2.05) is 0 Å². The monoisotopic (exact) mass is 239 g/mol. The molecule has 0 aromatic heterocycles. The molecule has 1 aliphatic heterocycles. The molecule has 0 amide bonds. The Bertz CT molecular complexity index is 210. The Hall–Kier alpha value is -0.120. The van der Waals surface area contributed by atoms with E-state index in [2.05, 4.69) is 29.1 Å². The van der Waals surface area contributed by atoms with Crippen LogP contribution in [0.3, 0.4) is 0 Å². The van der Waals surface area contributed by atoms with Crippen LogP contribution in [0.25, 0.3) is 0 Å². The summed E-state index contributed by atoms with van der Waals surface area (Å²) in [5.41, 5.74) is 0. The van der Waals surface area contributed by atoms with E-state index in [0.29, 0.717) is 6.04 Å². The second-order valence-corrected chi connectivity index (χ2v) is 5.85. The lowest BCUT2D eigenvalue weighted by molar-refractivity contribution is 0.240. The molecule has 2 rings (SSSR count). The Balaban J connectivity index is 1.44. The van der Waals surface area contributed by atoms with Gasteiger partial charge in [0.2, 0.25) is 0 Å². The largest absolute Gasteiger partial charge is 0.315 e. The van der Waals surface area contributed by atoms with Crippen molar-refractivity contribution in [2.75, 3.05) is 39.8 Å². The van der Waals surface area contributed by atoms with Crippen molar-refractivity contribution >= 4 is 0 Å². The number of nitrogens with one attached hydrogen (secondary N) is 1. The molecule has 0 radical (unpaired) electrons. The van der Waals surface area contributed by atoms with Crippen LogP contribution in [0.2, 0.25) is 0 Å². The second-order valence-electron chi connectivity index (χ2n) is 5.85. The van der Waals surface area contributed by atoms with E-state index in [9.17, 15) is 0 Å². The van der Waals surface area contributed by atoms with E-state index in [0.717, 1.165) is 12.6 Å². The molecule has 100 valence electrons. The van der Waals surface area contributed by atoms with Gasteiger partial charge < -0.3 is 10.2 Å². The number of likely N-dealkylation sites (N-methyl/N-ethyl adjacent to an activating group) is 1. The summed E-state index contributed by atoms with van der Waals surface area (Å²) < 4.78 is 0. The normalized spacial score (nSPS) is 23.5. The summed E-state index contributed by atoms with van der Waals surface area (Å²) in [7, 11) is 2.27. The maximum absolute atomic E-state index is 3.60. The van der Waals surface area contributed by atoms with Crippen LogP contribution < -0.4 is 5.32 Å². The SMILES string of the molecule is CC(CNCCCN1CCCC1)N(C)C1CC1. The standard InChI is InChI=1S/C14H29N3/c1-13(16(2)14-6-7-14)12-15-8-5-11-17-9-3-4-10-17/h13-15H,3-12H2,1-2H3. The smallest absolute Gasteiger partial charge is 0.0192 e. The van der Waals surface area contributed by atoms with Crippen molar-refractivity contribution in [2.24, 2.45) is 0 Å². The lowest BCUT2D eigenvalue weighted by Gasteiger charge is -2.25. The second kappa shape index (κ2) is 6.72. The predicted octanol–water partition coefficient (Wildman–Crippen LogP) is 1.54. The van der Waals surface area contributed by atoms with Gasteiger partial charge in [-0.3, -0.25) is 4.90 Å². The summed E-state index contributed by atoms with van der Waals surface area (Å²) in [6, 6.07) is 1.57. The van der Waals surface area contributed by atoms with Crippen molar-refractivity contribution in [1.29, 1.82) is 0 Å². The van der Waals surface area contributed by atoms with Gasteiger partial charge in [0.25, 0.3) is 0 Å². The third-order valence-corrected chi connectivity index (χ3v) is 4.28. The third kappa shape index (κ3) is 4.57. The first-order valence-corrected chi connectivity index (χ1v) is 7.42. The Kier molecular flexibility index (Phi) is 5.26. The van der Waals surface area contributed by atoms with Crippen molar-refractivity contribution in [1.82, 2.24) is 15.1 Å². The van der Waals surface area contributed by atoms with Gasteiger partial charge in [-0.2, -0.15) is 0 Å². The fraction of sp³-hybridized carbons (Fsp3) is 1.00. The average molecular weight is 239 g/mol. The molecule has 1 saturated carbocycles. The number of hydrogen-bond acceptors (Lipinski definition) is 3. The van der Waals surface area contributed by atoms with Gasteiger partial charge >= 0.3 is 0 Å². The number of rotatable bonds is 8. The molecular weight excluding hydrogens is 210 g/mol. The third-order valence-electron chi connectivity index (χ3n) is 4.28. The minimum Gasteiger partial charge on any atom is -0.315 e. The van der Waals surface area contributed by atoms with E-state index in [-0.39, 0.29) is 0 Å².